The molecule has 0 bridgehead atoms. The van der Waals surface area contributed by atoms with Crippen molar-refractivity contribution in [3.05, 3.63) is 168 Å². The van der Waals surface area contributed by atoms with Crippen LogP contribution in [0.25, 0.3) is 76.8 Å². The molecule has 228 valence electrons. The first kappa shape index (κ1) is 27.6. The van der Waals surface area contributed by atoms with Crippen molar-refractivity contribution in [2.75, 3.05) is 0 Å². The van der Waals surface area contributed by atoms with Crippen LogP contribution in [0.2, 0.25) is 0 Å². The van der Waals surface area contributed by atoms with E-state index in [9.17, 15) is 0 Å². The quantitative estimate of drug-likeness (QED) is 0.170. The maximum absolute atomic E-state index is 2.47. The summed E-state index contributed by atoms with van der Waals surface area (Å²) in [7, 11) is 0. The van der Waals surface area contributed by atoms with Gasteiger partial charge in [0, 0.05) is 10.8 Å². The summed E-state index contributed by atoms with van der Waals surface area (Å²) < 4.78 is 0. The van der Waals surface area contributed by atoms with Gasteiger partial charge in [0.15, 0.2) is 0 Å². The summed E-state index contributed by atoms with van der Waals surface area (Å²) in [5.74, 6) is 0. The Morgan fingerprint density at radius 3 is 1.40 bits per heavy atom. The van der Waals surface area contributed by atoms with Gasteiger partial charge >= 0.3 is 0 Å². The van der Waals surface area contributed by atoms with Gasteiger partial charge < -0.3 is 0 Å². The molecule has 2 aliphatic carbocycles. The molecule has 0 unspecified atom stereocenters. The predicted molar refractivity (Wildman–Crippen MR) is 205 cm³/mol. The molecule has 0 atom stereocenters. The van der Waals surface area contributed by atoms with Crippen LogP contribution in [-0.4, -0.2) is 0 Å². The second-order valence-corrected chi connectivity index (χ2v) is 15.0. The van der Waals surface area contributed by atoms with Gasteiger partial charge in [0.2, 0.25) is 0 Å². The van der Waals surface area contributed by atoms with Gasteiger partial charge in [-0.3, -0.25) is 0 Å². The van der Waals surface area contributed by atoms with E-state index in [1.807, 2.05) is 0 Å². The van der Waals surface area contributed by atoms with E-state index >= 15 is 0 Å². The molecule has 0 saturated heterocycles. The maximum Gasteiger partial charge on any atom is 0.0159 e. The molecule has 0 aliphatic heterocycles. The molecule has 10 rings (SSSR count). The third kappa shape index (κ3) is 3.78. The molecule has 8 aromatic rings. The number of fused-ring (bicyclic) bond motifs is 10. The summed E-state index contributed by atoms with van der Waals surface area (Å²) in [5, 5.41) is 7.77. The molecule has 0 nitrogen and oxygen atoms in total. The summed E-state index contributed by atoms with van der Waals surface area (Å²) >= 11 is 0. The van der Waals surface area contributed by atoms with Gasteiger partial charge in [-0.05, 0) is 135 Å². The fourth-order valence-electron chi connectivity index (χ4n) is 8.92. The first-order valence-corrected chi connectivity index (χ1v) is 17.2. The van der Waals surface area contributed by atoms with Crippen molar-refractivity contribution in [1.82, 2.24) is 0 Å². The zero-order valence-corrected chi connectivity index (χ0v) is 27.9. The molecule has 0 heterocycles. The molecular weight excluding hydrogens is 577 g/mol. The topological polar surface area (TPSA) is 0 Å². The van der Waals surface area contributed by atoms with Crippen LogP contribution in [0.3, 0.4) is 0 Å². The van der Waals surface area contributed by atoms with Crippen molar-refractivity contribution in [2.24, 2.45) is 0 Å². The van der Waals surface area contributed by atoms with Crippen LogP contribution in [0.15, 0.2) is 146 Å². The van der Waals surface area contributed by atoms with Gasteiger partial charge in [-0.2, -0.15) is 0 Å². The number of hydrogen-bond donors (Lipinski definition) is 0. The first-order chi connectivity index (χ1) is 23.3. The standard InChI is InChI=1S/C48H36/c1-47(2)43-11-7-5-9-37(43)39-22-21-35(27-45(39)47)33-19-17-30-23-32(18-16-31(30)24-33)34-15-13-29-14-20-36-26-42-38-10-6-8-12-44(38)48(3,4)46(42)28-41(36)40(29)25-34/h5-28H,1-4H3. The van der Waals surface area contributed by atoms with E-state index in [2.05, 4.69) is 173 Å². The van der Waals surface area contributed by atoms with Gasteiger partial charge in [-0.1, -0.05) is 137 Å². The van der Waals surface area contributed by atoms with Crippen molar-refractivity contribution >= 4 is 32.3 Å². The molecule has 0 spiro atoms. The Balaban J connectivity index is 1.04. The molecule has 0 heteroatoms. The van der Waals surface area contributed by atoms with Crippen LogP contribution >= 0.6 is 0 Å². The second-order valence-electron chi connectivity index (χ2n) is 15.0. The Hall–Kier alpha value is -5.46. The van der Waals surface area contributed by atoms with Crippen molar-refractivity contribution in [2.45, 2.75) is 38.5 Å². The van der Waals surface area contributed by atoms with Gasteiger partial charge in [-0.15, -0.1) is 0 Å². The summed E-state index contributed by atoms with van der Waals surface area (Å²) in [5.41, 5.74) is 16.2. The van der Waals surface area contributed by atoms with Crippen LogP contribution < -0.4 is 0 Å². The summed E-state index contributed by atoms with van der Waals surface area (Å²) in [6.45, 7) is 9.44. The minimum absolute atomic E-state index is 0.000114. The fourth-order valence-corrected chi connectivity index (χ4v) is 8.92. The zero-order chi connectivity index (χ0) is 32.4. The van der Waals surface area contributed by atoms with Crippen LogP contribution in [-0.2, 0) is 10.8 Å². The molecule has 0 fully saturated rings. The van der Waals surface area contributed by atoms with E-state index < -0.39 is 0 Å². The highest BCUT2D eigenvalue weighted by molar-refractivity contribution is 6.11. The smallest absolute Gasteiger partial charge is 0.0159 e. The Morgan fingerprint density at radius 1 is 0.292 bits per heavy atom. The minimum atomic E-state index is -0.0158. The monoisotopic (exact) mass is 612 g/mol. The normalized spacial score (nSPS) is 15.0. The molecule has 0 radical (unpaired) electrons. The van der Waals surface area contributed by atoms with Crippen LogP contribution in [0.4, 0.5) is 0 Å². The Labute approximate surface area is 282 Å². The Morgan fingerprint density at radius 2 is 0.729 bits per heavy atom. The Kier molecular flexibility index (Phi) is 5.50. The van der Waals surface area contributed by atoms with Gasteiger partial charge in [-0.25, -0.2) is 0 Å². The third-order valence-electron chi connectivity index (χ3n) is 11.6. The molecule has 0 N–H and O–H groups in total. The van der Waals surface area contributed by atoms with Crippen LogP contribution in [0.1, 0.15) is 49.9 Å². The fraction of sp³-hybridized carbons (Fsp3) is 0.125. The Bertz CT molecular complexity index is 2660. The van der Waals surface area contributed by atoms with E-state index in [0.717, 1.165) is 0 Å². The lowest BCUT2D eigenvalue weighted by molar-refractivity contribution is 0.660. The highest BCUT2D eigenvalue weighted by Crippen LogP contribution is 2.51. The molecule has 0 amide bonds. The largest absolute Gasteiger partial charge is 0.0619 e. The molecule has 0 saturated carbocycles. The van der Waals surface area contributed by atoms with Crippen LogP contribution in [0, 0.1) is 0 Å². The van der Waals surface area contributed by atoms with Gasteiger partial charge in [0.1, 0.15) is 0 Å². The highest BCUT2D eigenvalue weighted by atomic mass is 14.4. The van der Waals surface area contributed by atoms with Crippen molar-refractivity contribution in [3.8, 4) is 44.5 Å². The number of benzene rings is 8. The van der Waals surface area contributed by atoms with Gasteiger partial charge in [0.25, 0.3) is 0 Å². The molecule has 48 heavy (non-hydrogen) atoms. The molecule has 8 aromatic carbocycles. The third-order valence-corrected chi connectivity index (χ3v) is 11.6. The average molecular weight is 613 g/mol. The number of rotatable bonds is 2. The lowest BCUT2D eigenvalue weighted by Gasteiger charge is -2.22. The van der Waals surface area contributed by atoms with Crippen molar-refractivity contribution in [1.29, 1.82) is 0 Å². The van der Waals surface area contributed by atoms with E-state index in [0.29, 0.717) is 0 Å². The molecular formula is C48H36. The molecule has 0 aromatic heterocycles. The SMILES string of the molecule is CC1(C)c2ccccc2-c2ccc(-c3ccc4cc(-c5ccc6ccc7cc8c(cc7c6c5)C(C)(C)c5ccccc5-8)ccc4c3)cc21. The predicted octanol–water partition coefficient (Wildman–Crippen LogP) is 13.1. The van der Waals surface area contributed by atoms with E-state index in [4.69, 9.17) is 0 Å². The van der Waals surface area contributed by atoms with Crippen molar-refractivity contribution < 1.29 is 0 Å². The maximum atomic E-state index is 2.47. The number of hydrogen-bond acceptors (Lipinski definition) is 0. The van der Waals surface area contributed by atoms with E-state index in [1.54, 1.807) is 0 Å². The average Bonchev–Trinajstić information content (AvgIpc) is 3.49. The minimum Gasteiger partial charge on any atom is -0.0619 e. The zero-order valence-electron chi connectivity index (χ0n) is 27.9. The van der Waals surface area contributed by atoms with Crippen LogP contribution in [0.5, 0.6) is 0 Å². The highest BCUT2D eigenvalue weighted by Gasteiger charge is 2.36. The lowest BCUT2D eigenvalue weighted by atomic mass is 9.81. The second kappa shape index (κ2) is 9.55. The van der Waals surface area contributed by atoms with E-state index in [-0.39, 0.29) is 10.8 Å². The summed E-state index contributed by atoms with van der Waals surface area (Å²) in [4.78, 5) is 0. The van der Waals surface area contributed by atoms with Gasteiger partial charge in [0.05, 0.1) is 0 Å². The lowest BCUT2D eigenvalue weighted by Crippen LogP contribution is -2.14. The van der Waals surface area contributed by atoms with Crippen molar-refractivity contribution in [3.63, 3.8) is 0 Å². The molecule has 2 aliphatic rings. The first-order valence-electron chi connectivity index (χ1n) is 17.2. The summed E-state index contributed by atoms with van der Waals surface area (Å²) in [6.07, 6.45) is 0. The van der Waals surface area contributed by atoms with E-state index in [1.165, 1.54) is 99.1 Å². The summed E-state index contributed by atoms with van der Waals surface area (Å²) in [6, 6.07) is 55.1.